The monoisotopic (exact) mass is 385 g/mol. The van der Waals surface area contributed by atoms with E-state index in [2.05, 4.69) is 10.3 Å². The maximum Gasteiger partial charge on any atom is 0.296 e. The standard InChI is InChI=1S/C19H23N5O4/c1-23(11-25)14-8-4-5-9-24-17(14)22-15(16(26)19(24)28)18(27)21-10-12-6-2-3-7-13(12)20/h2-3,6-7,11,14,26H,4-5,8-10,20H2,1H3,(H,21,27). The number of aromatic nitrogens is 2. The van der Waals surface area contributed by atoms with Gasteiger partial charge in [-0.15, -0.1) is 0 Å². The summed E-state index contributed by atoms with van der Waals surface area (Å²) in [6.07, 6.45) is 2.79. The molecule has 1 aliphatic rings. The highest BCUT2D eigenvalue weighted by Crippen LogP contribution is 2.27. The second-order valence-corrected chi connectivity index (χ2v) is 6.79. The zero-order chi connectivity index (χ0) is 20.3. The maximum atomic E-state index is 12.6. The van der Waals surface area contributed by atoms with Crippen LogP contribution >= 0.6 is 0 Å². The van der Waals surface area contributed by atoms with Crippen LogP contribution in [0.25, 0.3) is 0 Å². The van der Waals surface area contributed by atoms with Crippen LogP contribution in [-0.2, 0) is 17.9 Å². The minimum atomic E-state index is -0.698. The number of hydrogen-bond acceptors (Lipinski definition) is 6. The van der Waals surface area contributed by atoms with Gasteiger partial charge < -0.3 is 21.1 Å². The number of aromatic hydroxyl groups is 1. The van der Waals surface area contributed by atoms with Crippen LogP contribution in [-0.4, -0.2) is 38.9 Å². The highest BCUT2D eigenvalue weighted by molar-refractivity contribution is 5.94. The van der Waals surface area contributed by atoms with Crippen LogP contribution in [0.5, 0.6) is 5.75 Å². The molecule has 0 spiro atoms. The van der Waals surface area contributed by atoms with Crippen LogP contribution in [0.4, 0.5) is 5.69 Å². The molecule has 1 aromatic carbocycles. The Morgan fingerprint density at radius 2 is 2.18 bits per heavy atom. The Balaban J connectivity index is 1.95. The summed E-state index contributed by atoms with van der Waals surface area (Å²) >= 11 is 0. The van der Waals surface area contributed by atoms with Gasteiger partial charge in [-0.1, -0.05) is 18.2 Å². The SMILES string of the molecule is CN(C=O)C1CCCCn2c1nc(C(=O)NCc1ccccc1N)c(O)c2=O. The van der Waals surface area contributed by atoms with E-state index in [9.17, 15) is 19.5 Å². The summed E-state index contributed by atoms with van der Waals surface area (Å²) in [5.41, 5.74) is 6.07. The number of nitrogens with two attached hydrogens (primary N) is 1. The Morgan fingerprint density at radius 3 is 2.89 bits per heavy atom. The van der Waals surface area contributed by atoms with Crippen molar-refractivity contribution >= 4 is 18.0 Å². The van der Waals surface area contributed by atoms with Gasteiger partial charge in [-0.3, -0.25) is 19.0 Å². The molecular weight excluding hydrogens is 362 g/mol. The normalized spacial score (nSPS) is 16.0. The Kier molecular flexibility index (Phi) is 5.62. The zero-order valence-corrected chi connectivity index (χ0v) is 15.6. The molecular formula is C19H23N5O4. The molecule has 1 atom stereocenters. The molecule has 1 unspecified atom stereocenters. The Hall–Kier alpha value is -3.36. The topological polar surface area (TPSA) is 131 Å². The molecule has 0 aliphatic carbocycles. The molecule has 4 N–H and O–H groups in total. The van der Waals surface area contributed by atoms with Crippen molar-refractivity contribution in [2.24, 2.45) is 0 Å². The van der Waals surface area contributed by atoms with Gasteiger partial charge in [0, 0.05) is 25.8 Å². The van der Waals surface area contributed by atoms with Gasteiger partial charge in [-0.05, 0) is 30.9 Å². The van der Waals surface area contributed by atoms with Crippen molar-refractivity contribution in [1.29, 1.82) is 0 Å². The van der Waals surface area contributed by atoms with E-state index in [1.165, 1.54) is 9.47 Å². The molecule has 0 saturated heterocycles. The average Bonchev–Trinajstić information content (AvgIpc) is 2.91. The van der Waals surface area contributed by atoms with E-state index in [0.717, 1.165) is 12.8 Å². The lowest BCUT2D eigenvalue weighted by molar-refractivity contribution is -0.119. The van der Waals surface area contributed by atoms with Crippen molar-refractivity contribution in [3.8, 4) is 5.75 Å². The molecule has 148 valence electrons. The van der Waals surface area contributed by atoms with Gasteiger partial charge in [0.15, 0.2) is 5.69 Å². The summed E-state index contributed by atoms with van der Waals surface area (Å²) in [6, 6.07) is 6.62. The van der Waals surface area contributed by atoms with E-state index >= 15 is 0 Å². The summed E-state index contributed by atoms with van der Waals surface area (Å²) in [5, 5.41) is 12.9. The zero-order valence-electron chi connectivity index (χ0n) is 15.6. The summed E-state index contributed by atoms with van der Waals surface area (Å²) in [4.78, 5) is 42.2. The number of amides is 2. The molecule has 1 aromatic heterocycles. The quantitative estimate of drug-likeness (QED) is 0.515. The van der Waals surface area contributed by atoms with Crippen LogP contribution in [0.2, 0.25) is 0 Å². The van der Waals surface area contributed by atoms with E-state index in [4.69, 9.17) is 5.73 Å². The second kappa shape index (κ2) is 8.12. The van der Waals surface area contributed by atoms with Crippen molar-refractivity contribution < 1.29 is 14.7 Å². The number of fused-ring (bicyclic) bond motifs is 1. The predicted octanol–water partition coefficient (Wildman–Crippen LogP) is 0.774. The van der Waals surface area contributed by atoms with E-state index in [-0.39, 0.29) is 12.2 Å². The number of carbonyl (C=O) groups excluding carboxylic acids is 2. The van der Waals surface area contributed by atoms with Crippen LogP contribution in [0.15, 0.2) is 29.1 Å². The van der Waals surface area contributed by atoms with Crippen molar-refractivity contribution in [3.63, 3.8) is 0 Å². The minimum Gasteiger partial charge on any atom is -0.501 e. The van der Waals surface area contributed by atoms with E-state index in [1.54, 1.807) is 31.3 Å². The lowest BCUT2D eigenvalue weighted by Crippen LogP contribution is -2.34. The molecule has 9 nitrogen and oxygen atoms in total. The van der Waals surface area contributed by atoms with Gasteiger partial charge in [0.2, 0.25) is 12.2 Å². The van der Waals surface area contributed by atoms with Gasteiger partial charge in [0.25, 0.3) is 11.5 Å². The fourth-order valence-electron chi connectivity index (χ4n) is 3.34. The van der Waals surface area contributed by atoms with Gasteiger partial charge in [-0.25, -0.2) is 4.98 Å². The van der Waals surface area contributed by atoms with Gasteiger partial charge >= 0.3 is 0 Å². The molecule has 2 amide bonds. The Bertz CT molecular complexity index is 956. The number of rotatable bonds is 5. The molecule has 0 saturated carbocycles. The summed E-state index contributed by atoms with van der Waals surface area (Å²) < 4.78 is 1.35. The highest BCUT2D eigenvalue weighted by Gasteiger charge is 2.29. The molecule has 2 heterocycles. The molecule has 0 fully saturated rings. The Labute approximate surface area is 161 Å². The van der Waals surface area contributed by atoms with E-state index < -0.39 is 23.3 Å². The molecule has 0 bridgehead atoms. The van der Waals surface area contributed by atoms with Crippen LogP contribution < -0.4 is 16.6 Å². The number of para-hydroxylation sites is 1. The fourth-order valence-corrected chi connectivity index (χ4v) is 3.34. The Morgan fingerprint density at radius 1 is 1.43 bits per heavy atom. The smallest absolute Gasteiger partial charge is 0.296 e. The van der Waals surface area contributed by atoms with Crippen LogP contribution in [0, 0.1) is 0 Å². The molecule has 1 aliphatic heterocycles. The van der Waals surface area contributed by atoms with E-state index in [1.807, 2.05) is 0 Å². The summed E-state index contributed by atoms with van der Waals surface area (Å²) in [5.74, 6) is -1.08. The first-order valence-electron chi connectivity index (χ1n) is 9.06. The largest absolute Gasteiger partial charge is 0.501 e. The maximum absolute atomic E-state index is 12.6. The van der Waals surface area contributed by atoms with Crippen LogP contribution in [0.1, 0.15) is 47.2 Å². The summed E-state index contributed by atoms with van der Waals surface area (Å²) in [7, 11) is 1.60. The first kappa shape index (κ1) is 19.4. The number of carbonyl (C=O) groups is 2. The van der Waals surface area contributed by atoms with Gasteiger partial charge in [-0.2, -0.15) is 0 Å². The first-order chi connectivity index (χ1) is 13.4. The molecule has 2 aromatic rings. The third kappa shape index (κ3) is 3.68. The summed E-state index contributed by atoms with van der Waals surface area (Å²) in [6.45, 7) is 0.503. The molecule has 0 radical (unpaired) electrons. The number of nitrogens with one attached hydrogen (secondary N) is 1. The minimum absolute atomic E-state index is 0.128. The number of anilines is 1. The number of hydrogen-bond donors (Lipinski definition) is 3. The number of nitrogens with zero attached hydrogens (tertiary/aromatic N) is 3. The number of benzene rings is 1. The van der Waals surface area contributed by atoms with Crippen LogP contribution in [0.3, 0.4) is 0 Å². The van der Waals surface area contributed by atoms with Crippen molar-refractivity contribution in [3.05, 3.63) is 51.7 Å². The average molecular weight is 385 g/mol. The molecule has 3 rings (SSSR count). The molecule has 28 heavy (non-hydrogen) atoms. The van der Waals surface area contributed by atoms with Gasteiger partial charge in [0.1, 0.15) is 5.82 Å². The lowest BCUT2D eigenvalue weighted by atomic mass is 10.1. The predicted molar refractivity (Wildman–Crippen MR) is 103 cm³/mol. The van der Waals surface area contributed by atoms with Crippen molar-refractivity contribution in [2.75, 3.05) is 12.8 Å². The van der Waals surface area contributed by atoms with E-state index in [0.29, 0.717) is 36.5 Å². The third-order valence-electron chi connectivity index (χ3n) is 4.95. The fraction of sp³-hybridized carbons (Fsp3) is 0.368. The highest BCUT2D eigenvalue weighted by atomic mass is 16.3. The molecule has 9 heteroatoms. The second-order valence-electron chi connectivity index (χ2n) is 6.79. The first-order valence-corrected chi connectivity index (χ1v) is 9.06. The third-order valence-corrected chi connectivity index (χ3v) is 4.95. The van der Waals surface area contributed by atoms with Crippen molar-refractivity contribution in [2.45, 2.75) is 38.4 Å². The number of nitrogen functional groups attached to an aromatic ring is 1. The van der Waals surface area contributed by atoms with Gasteiger partial charge in [0.05, 0.1) is 6.04 Å². The lowest BCUT2D eigenvalue weighted by Gasteiger charge is -2.24. The van der Waals surface area contributed by atoms with Crippen molar-refractivity contribution in [1.82, 2.24) is 19.8 Å².